The highest BCUT2D eigenvalue weighted by Crippen LogP contribution is 2.28. The van der Waals surface area contributed by atoms with Crippen LogP contribution in [0.2, 0.25) is 0 Å². The predicted molar refractivity (Wildman–Crippen MR) is 72.6 cm³/mol. The van der Waals surface area contributed by atoms with Crippen LogP contribution in [0.1, 0.15) is 31.9 Å². The van der Waals surface area contributed by atoms with Crippen molar-refractivity contribution >= 4 is 10.8 Å². The van der Waals surface area contributed by atoms with Gasteiger partial charge in [-0.25, -0.2) is 0 Å². The Morgan fingerprint density at radius 3 is 2.35 bits per heavy atom. The molecule has 1 aromatic carbocycles. The molecule has 0 saturated heterocycles. The Morgan fingerprint density at radius 2 is 1.76 bits per heavy atom. The summed E-state index contributed by atoms with van der Waals surface area (Å²) in [6, 6.07) is 6.04. The number of pyridine rings is 1. The Balaban J connectivity index is 2.99. The third-order valence-corrected chi connectivity index (χ3v) is 3.15. The smallest absolute Gasteiger partial charge is 0.258 e. The summed E-state index contributed by atoms with van der Waals surface area (Å²) in [6.45, 7) is 8.58. The maximum Gasteiger partial charge on any atom is 0.258 e. The first-order chi connectivity index (χ1) is 7.80. The van der Waals surface area contributed by atoms with Crippen LogP contribution in [0.5, 0.6) is 0 Å². The van der Waals surface area contributed by atoms with Crippen molar-refractivity contribution < 1.29 is 0 Å². The lowest BCUT2D eigenvalue weighted by Gasteiger charge is -2.22. The topological polar surface area (TPSA) is 22.0 Å². The lowest BCUT2D eigenvalue weighted by molar-refractivity contribution is 0.587. The van der Waals surface area contributed by atoms with E-state index >= 15 is 0 Å². The van der Waals surface area contributed by atoms with E-state index < -0.39 is 0 Å². The Kier molecular flexibility index (Phi) is 2.61. The second-order valence-electron chi connectivity index (χ2n) is 5.76. The van der Waals surface area contributed by atoms with Crippen molar-refractivity contribution in [2.45, 2.75) is 33.1 Å². The molecule has 0 aliphatic heterocycles. The standard InChI is InChI=1S/C15H19NO/c1-10-6-7-11-12(8-10)13(15(2,3)4)9-16(5)14(11)17/h6-9H,1-5H3. The maximum absolute atomic E-state index is 12.1. The molecular weight excluding hydrogens is 210 g/mol. The van der Waals surface area contributed by atoms with E-state index in [1.165, 1.54) is 11.1 Å². The number of hydrogen-bond acceptors (Lipinski definition) is 1. The summed E-state index contributed by atoms with van der Waals surface area (Å²) in [5, 5.41) is 1.89. The van der Waals surface area contributed by atoms with Gasteiger partial charge in [0.25, 0.3) is 5.56 Å². The first-order valence-electron chi connectivity index (χ1n) is 5.91. The molecule has 0 unspecified atom stereocenters. The molecule has 90 valence electrons. The molecule has 0 bridgehead atoms. The van der Waals surface area contributed by atoms with Crippen molar-refractivity contribution in [1.82, 2.24) is 4.57 Å². The predicted octanol–water partition coefficient (Wildman–Crippen LogP) is 3.14. The lowest BCUT2D eigenvalue weighted by Crippen LogP contribution is -2.22. The van der Waals surface area contributed by atoms with Crippen LogP contribution < -0.4 is 5.56 Å². The van der Waals surface area contributed by atoms with Gasteiger partial charge in [0.2, 0.25) is 0 Å². The fraction of sp³-hybridized carbons (Fsp3) is 0.400. The van der Waals surface area contributed by atoms with E-state index in [0.29, 0.717) is 0 Å². The number of fused-ring (bicyclic) bond motifs is 1. The SMILES string of the molecule is Cc1ccc2c(=O)n(C)cc(C(C)(C)C)c2c1. The highest BCUT2D eigenvalue weighted by molar-refractivity contribution is 5.86. The second-order valence-corrected chi connectivity index (χ2v) is 5.76. The molecule has 17 heavy (non-hydrogen) atoms. The molecule has 0 amide bonds. The fourth-order valence-corrected chi connectivity index (χ4v) is 2.18. The van der Waals surface area contributed by atoms with E-state index in [1.807, 2.05) is 25.4 Å². The average molecular weight is 229 g/mol. The molecule has 2 nitrogen and oxygen atoms in total. The molecule has 0 aliphatic carbocycles. The third-order valence-electron chi connectivity index (χ3n) is 3.15. The highest BCUT2D eigenvalue weighted by atomic mass is 16.1. The van der Waals surface area contributed by atoms with Crippen LogP contribution in [0, 0.1) is 6.92 Å². The number of hydrogen-bond donors (Lipinski definition) is 0. The number of nitrogens with zero attached hydrogens (tertiary/aromatic N) is 1. The summed E-state index contributed by atoms with van der Waals surface area (Å²) in [7, 11) is 1.82. The van der Waals surface area contributed by atoms with E-state index in [9.17, 15) is 4.79 Å². The Hall–Kier alpha value is -1.57. The minimum absolute atomic E-state index is 0.0392. The van der Waals surface area contributed by atoms with Crippen LogP contribution in [0.4, 0.5) is 0 Å². The quantitative estimate of drug-likeness (QED) is 0.680. The van der Waals surface area contributed by atoms with Crippen LogP contribution in [-0.2, 0) is 12.5 Å². The largest absolute Gasteiger partial charge is 0.318 e. The first-order valence-corrected chi connectivity index (χ1v) is 5.91. The molecule has 2 rings (SSSR count). The molecular formula is C15H19NO. The molecule has 0 radical (unpaired) electrons. The summed E-state index contributed by atoms with van der Waals surface area (Å²) in [5.41, 5.74) is 2.53. The van der Waals surface area contributed by atoms with Gasteiger partial charge in [0.1, 0.15) is 0 Å². The van der Waals surface area contributed by atoms with Gasteiger partial charge in [0.15, 0.2) is 0 Å². The monoisotopic (exact) mass is 229 g/mol. The van der Waals surface area contributed by atoms with Crippen molar-refractivity contribution in [3.63, 3.8) is 0 Å². The molecule has 2 heteroatoms. The average Bonchev–Trinajstić information content (AvgIpc) is 2.21. The van der Waals surface area contributed by atoms with Gasteiger partial charge in [-0.2, -0.15) is 0 Å². The van der Waals surface area contributed by atoms with Crippen LogP contribution >= 0.6 is 0 Å². The van der Waals surface area contributed by atoms with E-state index in [0.717, 1.165) is 10.8 Å². The van der Waals surface area contributed by atoms with Gasteiger partial charge < -0.3 is 4.57 Å². The fourth-order valence-electron chi connectivity index (χ4n) is 2.18. The minimum atomic E-state index is 0.0392. The first kappa shape index (κ1) is 11.9. The van der Waals surface area contributed by atoms with E-state index in [-0.39, 0.29) is 11.0 Å². The highest BCUT2D eigenvalue weighted by Gasteiger charge is 2.19. The second kappa shape index (κ2) is 3.73. The molecule has 0 atom stereocenters. The van der Waals surface area contributed by atoms with E-state index in [4.69, 9.17) is 0 Å². The van der Waals surface area contributed by atoms with Gasteiger partial charge in [0, 0.05) is 18.6 Å². The molecule has 1 aromatic heterocycles. The van der Waals surface area contributed by atoms with Crippen molar-refractivity contribution in [1.29, 1.82) is 0 Å². The summed E-state index contributed by atoms with van der Waals surface area (Å²) in [5.74, 6) is 0. The van der Waals surface area contributed by atoms with Crippen molar-refractivity contribution in [2.75, 3.05) is 0 Å². The summed E-state index contributed by atoms with van der Waals surface area (Å²) >= 11 is 0. The Bertz CT molecular complexity index is 630. The summed E-state index contributed by atoms with van der Waals surface area (Å²) in [6.07, 6.45) is 1.96. The van der Waals surface area contributed by atoms with E-state index in [1.54, 1.807) is 4.57 Å². The number of rotatable bonds is 0. The van der Waals surface area contributed by atoms with Crippen LogP contribution in [0.25, 0.3) is 10.8 Å². The minimum Gasteiger partial charge on any atom is -0.318 e. The summed E-state index contributed by atoms with van der Waals surface area (Å²) in [4.78, 5) is 12.1. The van der Waals surface area contributed by atoms with Gasteiger partial charge in [-0.3, -0.25) is 4.79 Å². The van der Waals surface area contributed by atoms with Crippen molar-refractivity contribution in [2.24, 2.45) is 7.05 Å². The number of benzene rings is 1. The van der Waals surface area contributed by atoms with Crippen LogP contribution in [0.3, 0.4) is 0 Å². The molecule has 0 spiro atoms. The zero-order chi connectivity index (χ0) is 12.8. The summed E-state index contributed by atoms with van der Waals surface area (Å²) < 4.78 is 1.68. The van der Waals surface area contributed by atoms with Gasteiger partial charge >= 0.3 is 0 Å². The Morgan fingerprint density at radius 1 is 1.12 bits per heavy atom. The van der Waals surface area contributed by atoms with Gasteiger partial charge in [-0.1, -0.05) is 38.5 Å². The van der Waals surface area contributed by atoms with Gasteiger partial charge in [-0.15, -0.1) is 0 Å². The Labute approximate surface area is 102 Å². The van der Waals surface area contributed by atoms with Crippen molar-refractivity contribution in [3.8, 4) is 0 Å². The maximum atomic E-state index is 12.1. The van der Waals surface area contributed by atoms with Crippen molar-refractivity contribution in [3.05, 3.63) is 45.9 Å². The van der Waals surface area contributed by atoms with Crippen LogP contribution in [-0.4, -0.2) is 4.57 Å². The molecule has 1 heterocycles. The molecule has 0 saturated carbocycles. The zero-order valence-corrected chi connectivity index (χ0v) is 11.2. The molecule has 0 fully saturated rings. The zero-order valence-electron chi connectivity index (χ0n) is 11.2. The van der Waals surface area contributed by atoms with E-state index in [2.05, 4.69) is 33.8 Å². The molecule has 0 N–H and O–H groups in total. The lowest BCUT2D eigenvalue weighted by atomic mass is 9.84. The van der Waals surface area contributed by atoms with Gasteiger partial charge in [0.05, 0.1) is 0 Å². The van der Waals surface area contributed by atoms with Gasteiger partial charge in [-0.05, 0) is 29.4 Å². The third kappa shape index (κ3) is 1.99. The number of aryl methyl sites for hydroxylation is 2. The molecule has 0 aliphatic rings. The number of aromatic nitrogens is 1. The normalized spacial score (nSPS) is 12.1. The van der Waals surface area contributed by atoms with Crippen LogP contribution in [0.15, 0.2) is 29.2 Å². The molecule has 2 aromatic rings.